The number of alkyl halides is 3. The van der Waals surface area contributed by atoms with E-state index in [1.165, 1.54) is 0 Å². The summed E-state index contributed by atoms with van der Waals surface area (Å²) in [6, 6.07) is 0. The maximum absolute atomic E-state index is 14.5. The molecule has 0 aromatic rings. The first-order chi connectivity index (χ1) is 25.3. The molecule has 302 valence electrons. The molecule has 0 aromatic carbocycles. The van der Waals surface area contributed by atoms with E-state index >= 15 is 0 Å². The van der Waals surface area contributed by atoms with Crippen LogP contribution in [0, 0.1) is 23.2 Å². The van der Waals surface area contributed by atoms with Gasteiger partial charge in [-0.2, -0.15) is 21.6 Å². The van der Waals surface area contributed by atoms with Gasteiger partial charge in [-0.05, 0) is 78.6 Å². The van der Waals surface area contributed by atoms with E-state index in [-0.39, 0.29) is 25.2 Å². The zero-order valence-electron chi connectivity index (χ0n) is 31.6. The number of hydrogen-bond acceptors (Lipinski definition) is 12. The second kappa shape index (κ2) is 15.7. The van der Waals surface area contributed by atoms with Crippen molar-refractivity contribution >= 4 is 28.0 Å². The van der Waals surface area contributed by atoms with E-state index < -0.39 is 104 Å². The smallest absolute Gasteiger partial charge is 0.466 e. The summed E-state index contributed by atoms with van der Waals surface area (Å²) in [7, 11) is -5.43. The van der Waals surface area contributed by atoms with Gasteiger partial charge in [0.1, 0.15) is 22.9 Å². The molecule has 0 saturated carbocycles. The van der Waals surface area contributed by atoms with Crippen LogP contribution in [0.5, 0.6) is 0 Å². The number of ether oxygens (including phenoxy) is 6. The van der Waals surface area contributed by atoms with Gasteiger partial charge in [-0.1, -0.05) is 43.2 Å². The Morgan fingerprint density at radius 2 is 1.69 bits per heavy atom. The lowest BCUT2D eigenvalue weighted by atomic mass is 9.60. The van der Waals surface area contributed by atoms with Crippen LogP contribution in [0.3, 0.4) is 0 Å². The maximum atomic E-state index is 14.5. The summed E-state index contributed by atoms with van der Waals surface area (Å²) in [4.78, 5) is 41.8. The van der Waals surface area contributed by atoms with Crippen LogP contribution in [-0.2, 0) is 57.1 Å². The summed E-state index contributed by atoms with van der Waals surface area (Å²) in [5, 5.41) is 0. The normalized spacial score (nSPS) is 30.7. The molecule has 5 rings (SSSR count). The van der Waals surface area contributed by atoms with Crippen molar-refractivity contribution in [3.05, 3.63) is 47.3 Å². The molecule has 5 bridgehead atoms. The Hall–Kier alpha value is -3.21. The molecule has 3 aliphatic heterocycles. The molecule has 54 heavy (non-hydrogen) atoms. The number of hydrogen-bond donors (Lipinski definition) is 0. The van der Waals surface area contributed by atoms with E-state index in [1.807, 2.05) is 38.2 Å². The molecule has 5 aliphatic rings. The Balaban J connectivity index is 1.76. The number of esters is 3. The van der Waals surface area contributed by atoms with Gasteiger partial charge in [-0.15, -0.1) is 0 Å². The highest BCUT2D eigenvalue weighted by atomic mass is 32.2. The number of carbonyl (C=O) groups excluding carboxylic acids is 3. The first-order valence-electron chi connectivity index (χ1n) is 18.5. The topological polar surface area (TPSA) is 150 Å². The first-order valence-corrected chi connectivity index (χ1v) is 19.9. The van der Waals surface area contributed by atoms with Crippen LogP contribution in [-0.4, -0.2) is 75.4 Å². The zero-order valence-corrected chi connectivity index (χ0v) is 32.4. The number of unbranched alkanes of at least 4 members (excludes halogenated alkanes) is 3. The lowest BCUT2D eigenvalue weighted by molar-refractivity contribution is -0.339. The number of allylic oxidation sites excluding steroid dienone is 5. The molecule has 3 heterocycles. The van der Waals surface area contributed by atoms with Crippen LogP contribution in [0.15, 0.2) is 47.3 Å². The van der Waals surface area contributed by atoms with Gasteiger partial charge in [0.15, 0.2) is 5.79 Å². The number of halogens is 3. The molecule has 6 atom stereocenters. The van der Waals surface area contributed by atoms with Gasteiger partial charge in [-0.3, -0.25) is 9.59 Å². The SMILES string of the molecule is C/C=C/CCCCC[C@@H]1C=C2[C@]3(CC(=O)OC(C)(C)C)CC(C(=O)OC)=C(OS(=O)(=O)C(F)(F)F)[C@@H]4[C@@H]1C[C@H](C1(CC/C=C/C)OCCO1)O[C@]24OC3=O. The van der Waals surface area contributed by atoms with Gasteiger partial charge in [0, 0.05) is 18.4 Å². The second-order valence-corrected chi connectivity index (χ2v) is 17.0. The van der Waals surface area contributed by atoms with E-state index in [2.05, 4.69) is 0 Å². The lowest BCUT2D eigenvalue weighted by Crippen LogP contribution is -2.63. The van der Waals surface area contributed by atoms with E-state index in [1.54, 1.807) is 26.8 Å². The largest absolute Gasteiger partial charge is 0.534 e. The third-order valence-electron chi connectivity index (χ3n) is 10.7. The van der Waals surface area contributed by atoms with Gasteiger partial charge in [-0.25, -0.2) is 4.79 Å². The molecule has 2 aliphatic carbocycles. The molecule has 0 aromatic heterocycles. The molecule has 3 fully saturated rings. The van der Waals surface area contributed by atoms with Gasteiger partial charge in [0.05, 0.1) is 38.2 Å². The van der Waals surface area contributed by atoms with Crippen LogP contribution in [0.25, 0.3) is 0 Å². The fraction of sp³-hybridized carbons (Fsp3) is 0.711. The fourth-order valence-corrected chi connectivity index (χ4v) is 9.11. The highest BCUT2D eigenvalue weighted by Gasteiger charge is 2.76. The highest BCUT2D eigenvalue weighted by molar-refractivity contribution is 7.87. The molecule has 16 heteroatoms. The molecule has 1 spiro atoms. The van der Waals surface area contributed by atoms with Gasteiger partial charge in [0.25, 0.3) is 0 Å². The predicted molar refractivity (Wildman–Crippen MR) is 186 cm³/mol. The van der Waals surface area contributed by atoms with Gasteiger partial charge >= 0.3 is 33.5 Å². The summed E-state index contributed by atoms with van der Waals surface area (Å²) in [6.45, 7) is 9.06. The van der Waals surface area contributed by atoms with E-state index in [4.69, 9.17) is 32.6 Å². The van der Waals surface area contributed by atoms with Crippen molar-refractivity contribution < 1.29 is 68.6 Å². The first kappa shape index (κ1) is 41.9. The van der Waals surface area contributed by atoms with Crippen molar-refractivity contribution in [1.82, 2.24) is 0 Å². The quantitative estimate of drug-likeness (QED) is 0.0426. The highest BCUT2D eigenvalue weighted by Crippen LogP contribution is 2.68. The van der Waals surface area contributed by atoms with Crippen molar-refractivity contribution in [3.63, 3.8) is 0 Å². The van der Waals surface area contributed by atoms with Gasteiger partial charge < -0.3 is 32.6 Å². The Morgan fingerprint density at radius 3 is 2.30 bits per heavy atom. The predicted octanol–water partition coefficient (Wildman–Crippen LogP) is 6.86. The summed E-state index contributed by atoms with van der Waals surface area (Å²) in [5.74, 6) is -10.6. The average Bonchev–Trinajstić information content (AvgIpc) is 3.62. The summed E-state index contributed by atoms with van der Waals surface area (Å²) in [5.41, 5.74) is -9.55. The van der Waals surface area contributed by atoms with Crippen LogP contribution < -0.4 is 0 Å². The molecular formula is C38H51F3O12S. The van der Waals surface area contributed by atoms with E-state index in [0.29, 0.717) is 25.7 Å². The zero-order chi connectivity index (χ0) is 39.7. The van der Waals surface area contributed by atoms with Crippen LogP contribution in [0.4, 0.5) is 13.2 Å². The number of methoxy groups -OCH3 is 1. The van der Waals surface area contributed by atoms with Crippen molar-refractivity contribution in [1.29, 1.82) is 0 Å². The third-order valence-corrected chi connectivity index (χ3v) is 11.7. The molecule has 0 amide bonds. The Bertz CT molecular complexity index is 1680. The molecule has 0 N–H and O–H groups in total. The van der Waals surface area contributed by atoms with Crippen molar-refractivity contribution in [2.24, 2.45) is 23.2 Å². The molecule has 0 unspecified atom stereocenters. The Kier molecular flexibility index (Phi) is 12.2. The van der Waals surface area contributed by atoms with Crippen LogP contribution in [0.1, 0.15) is 98.8 Å². The monoisotopic (exact) mass is 788 g/mol. The standard InChI is InChI=1S/C38H51F3O12S/c1-7-9-11-12-13-14-16-24-20-27-35(23-29(42)51-34(3,4)5)22-26(32(43)47-6)31(53-54(45,46)38(39,40)41)30-25(24)21-28(50-37(27,30)52-33(35)44)36(17-15-10-8-2)48-18-19-49-36/h7-10,20,24-25,28,30H,11-19,21-23H2,1-6H3/b9-7+,10-8+/t24-,25-,28-,30+,35-,37+/m1/s1. The maximum Gasteiger partial charge on any atom is 0.534 e. The Labute approximate surface area is 314 Å². The minimum Gasteiger partial charge on any atom is -0.466 e. The van der Waals surface area contributed by atoms with Crippen molar-refractivity contribution in [3.8, 4) is 0 Å². The molecular weight excluding hydrogens is 737 g/mol. The number of rotatable bonds is 15. The third kappa shape index (κ3) is 7.90. The molecule has 3 saturated heterocycles. The fourth-order valence-electron chi connectivity index (χ4n) is 8.58. The molecule has 0 radical (unpaired) electrons. The van der Waals surface area contributed by atoms with Crippen molar-refractivity contribution in [2.75, 3.05) is 20.3 Å². The number of carbonyl (C=O) groups is 3. The van der Waals surface area contributed by atoms with Crippen molar-refractivity contribution in [2.45, 2.75) is 128 Å². The summed E-state index contributed by atoms with van der Waals surface area (Å²) in [6.07, 6.45) is 11.5. The molecule has 12 nitrogen and oxygen atoms in total. The minimum atomic E-state index is -6.40. The van der Waals surface area contributed by atoms with Crippen LogP contribution in [0.2, 0.25) is 0 Å². The van der Waals surface area contributed by atoms with E-state index in [0.717, 1.165) is 26.4 Å². The summed E-state index contributed by atoms with van der Waals surface area (Å²) >= 11 is 0. The van der Waals surface area contributed by atoms with E-state index in [9.17, 15) is 36.0 Å². The minimum absolute atomic E-state index is 0.0409. The Morgan fingerprint density at radius 1 is 1.02 bits per heavy atom. The van der Waals surface area contributed by atoms with Crippen LogP contribution >= 0.6 is 0 Å². The summed E-state index contributed by atoms with van der Waals surface area (Å²) < 4.78 is 109. The average molecular weight is 789 g/mol. The second-order valence-electron chi connectivity index (χ2n) is 15.4. The van der Waals surface area contributed by atoms with Gasteiger partial charge in [0.2, 0.25) is 5.79 Å². The lowest BCUT2D eigenvalue weighted by Gasteiger charge is -2.55.